The van der Waals surface area contributed by atoms with Crippen LogP contribution in [0.15, 0.2) is 40.9 Å². The Balaban J connectivity index is 2.41. The number of halogens is 3. The first-order valence-corrected chi connectivity index (χ1v) is 7.10. The summed E-state index contributed by atoms with van der Waals surface area (Å²) < 4.78 is 24.1. The first-order valence-electron chi connectivity index (χ1n) is 5.87. The fourth-order valence-corrected chi connectivity index (χ4v) is 2.59. The molecule has 0 saturated heterocycles. The van der Waals surface area contributed by atoms with E-state index in [4.69, 9.17) is 21.1 Å². The van der Waals surface area contributed by atoms with Gasteiger partial charge in [0.05, 0.1) is 24.1 Å². The van der Waals surface area contributed by atoms with Gasteiger partial charge in [-0.15, -0.1) is 11.6 Å². The van der Waals surface area contributed by atoms with Gasteiger partial charge in [-0.25, -0.2) is 4.39 Å². The van der Waals surface area contributed by atoms with Crippen molar-refractivity contribution < 1.29 is 13.9 Å². The highest BCUT2D eigenvalue weighted by molar-refractivity contribution is 9.10. The van der Waals surface area contributed by atoms with Crippen molar-refractivity contribution in [1.29, 1.82) is 0 Å². The maximum atomic E-state index is 13.3. The Labute approximate surface area is 130 Å². The van der Waals surface area contributed by atoms with Crippen LogP contribution in [0.3, 0.4) is 0 Å². The second kappa shape index (κ2) is 6.46. The van der Waals surface area contributed by atoms with Gasteiger partial charge in [-0.1, -0.05) is 6.07 Å². The highest BCUT2D eigenvalue weighted by Crippen LogP contribution is 2.38. The molecule has 2 nitrogen and oxygen atoms in total. The van der Waals surface area contributed by atoms with Gasteiger partial charge in [0.25, 0.3) is 0 Å². The van der Waals surface area contributed by atoms with Crippen LogP contribution in [-0.4, -0.2) is 14.2 Å². The molecule has 5 heteroatoms. The maximum Gasteiger partial charge on any atom is 0.137 e. The summed E-state index contributed by atoms with van der Waals surface area (Å²) in [5, 5.41) is -0.437. The molecule has 0 aliphatic heterocycles. The molecule has 2 rings (SSSR count). The molecule has 20 heavy (non-hydrogen) atoms. The lowest BCUT2D eigenvalue weighted by Gasteiger charge is -2.15. The molecule has 0 heterocycles. The van der Waals surface area contributed by atoms with E-state index in [9.17, 15) is 4.39 Å². The Morgan fingerprint density at radius 1 is 1.10 bits per heavy atom. The van der Waals surface area contributed by atoms with Gasteiger partial charge in [0.15, 0.2) is 0 Å². The molecular weight excluding hydrogens is 347 g/mol. The van der Waals surface area contributed by atoms with Crippen molar-refractivity contribution in [3.8, 4) is 11.5 Å². The first kappa shape index (κ1) is 15.1. The Morgan fingerprint density at radius 2 is 1.85 bits per heavy atom. The smallest absolute Gasteiger partial charge is 0.137 e. The Kier molecular flexibility index (Phi) is 4.89. The third kappa shape index (κ3) is 3.07. The van der Waals surface area contributed by atoms with Crippen LogP contribution in [0.5, 0.6) is 11.5 Å². The summed E-state index contributed by atoms with van der Waals surface area (Å²) in [6.07, 6.45) is 0. The van der Waals surface area contributed by atoms with E-state index in [0.29, 0.717) is 16.0 Å². The average Bonchev–Trinajstić information content (AvgIpc) is 2.48. The van der Waals surface area contributed by atoms with E-state index in [1.54, 1.807) is 32.4 Å². The number of hydrogen-bond acceptors (Lipinski definition) is 2. The minimum absolute atomic E-state index is 0.320. The van der Waals surface area contributed by atoms with E-state index in [1.807, 2.05) is 12.1 Å². The van der Waals surface area contributed by atoms with Crippen LogP contribution in [0, 0.1) is 5.82 Å². The predicted octanol–water partition coefficient (Wildman–Crippen LogP) is 4.93. The number of benzene rings is 2. The third-order valence-corrected chi connectivity index (χ3v) is 4.04. The van der Waals surface area contributed by atoms with Gasteiger partial charge < -0.3 is 9.47 Å². The van der Waals surface area contributed by atoms with Crippen molar-refractivity contribution in [3.05, 3.63) is 57.8 Å². The van der Waals surface area contributed by atoms with Crippen LogP contribution in [0.4, 0.5) is 4.39 Å². The third-order valence-electron chi connectivity index (χ3n) is 2.95. The molecule has 0 aliphatic carbocycles. The van der Waals surface area contributed by atoms with Crippen LogP contribution < -0.4 is 9.47 Å². The van der Waals surface area contributed by atoms with Crippen molar-refractivity contribution in [2.45, 2.75) is 5.38 Å². The molecule has 0 fully saturated rings. The largest absolute Gasteiger partial charge is 0.497 e. The summed E-state index contributed by atoms with van der Waals surface area (Å²) in [7, 11) is 3.16. The van der Waals surface area contributed by atoms with Gasteiger partial charge in [0.1, 0.15) is 17.3 Å². The number of methoxy groups -OCH3 is 2. The summed E-state index contributed by atoms with van der Waals surface area (Å²) in [6, 6.07) is 10.1. The van der Waals surface area contributed by atoms with Gasteiger partial charge in [-0.05, 0) is 45.8 Å². The van der Waals surface area contributed by atoms with Crippen LogP contribution in [-0.2, 0) is 0 Å². The van der Waals surface area contributed by atoms with Crippen LogP contribution in [0.2, 0.25) is 0 Å². The second-order valence-corrected chi connectivity index (χ2v) is 5.43. The molecule has 1 unspecified atom stereocenters. The van der Waals surface area contributed by atoms with Crippen LogP contribution in [0.1, 0.15) is 16.5 Å². The lowest BCUT2D eigenvalue weighted by atomic mass is 10.0. The molecule has 2 aromatic carbocycles. The molecule has 0 saturated carbocycles. The quantitative estimate of drug-likeness (QED) is 0.720. The highest BCUT2D eigenvalue weighted by Gasteiger charge is 2.17. The van der Waals surface area contributed by atoms with Gasteiger partial charge in [0, 0.05) is 11.6 Å². The Hall–Kier alpha value is -1.26. The summed E-state index contributed by atoms with van der Waals surface area (Å²) in [5.74, 6) is 0.999. The second-order valence-electron chi connectivity index (χ2n) is 4.14. The minimum Gasteiger partial charge on any atom is -0.497 e. The fourth-order valence-electron chi connectivity index (χ4n) is 1.88. The van der Waals surface area contributed by atoms with E-state index in [2.05, 4.69) is 15.9 Å². The zero-order chi connectivity index (χ0) is 14.7. The Bertz CT molecular complexity index is 619. The van der Waals surface area contributed by atoms with E-state index >= 15 is 0 Å². The van der Waals surface area contributed by atoms with E-state index in [0.717, 1.165) is 11.1 Å². The topological polar surface area (TPSA) is 18.5 Å². The van der Waals surface area contributed by atoms with E-state index in [1.165, 1.54) is 6.07 Å². The van der Waals surface area contributed by atoms with E-state index in [-0.39, 0.29) is 5.82 Å². The molecule has 0 N–H and O–H groups in total. The molecule has 0 radical (unpaired) electrons. The van der Waals surface area contributed by atoms with Gasteiger partial charge in [0.2, 0.25) is 0 Å². The van der Waals surface area contributed by atoms with Crippen LogP contribution in [0.25, 0.3) is 0 Å². The molecule has 2 aromatic rings. The van der Waals surface area contributed by atoms with Crippen molar-refractivity contribution in [2.24, 2.45) is 0 Å². The lowest BCUT2D eigenvalue weighted by molar-refractivity contribution is 0.391. The summed E-state index contributed by atoms with van der Waals surface area (Å²) >= 11 is 9.63. The zero-order valence-corrected chi connectivity index (χ0v) is 13.3. The molecule has 106 valence electrons. The molecule has 0 aromatic heterocycles. The number of rotatable bonds is 4. The minimum atomic E-state index is -0.437. The normalized spacial score (nSPS) is 12.1. The number of hydrogen-bond donors (Lipinski definition) is 0. The molecule has 0 aliphatic rings. The zero-order valence-electron chi connectivity index (χ0n) is 11.0. The van der Waals surface area contributed by atoms with Crippen LogP contribution >= 0.6 is 27.5 Å². The van der Waals surface area contributed by atoms with Gasteiger partial charge >= 0.3 is 0 Å². The van der Waals surface area contributed by atoms with Crippen molar-refractivity contribution >= 4 is 27.5 Å². The van der Waals surface area contributed by atoms with Crippen molar-refractivity contribution in [3.63, 3.8) is 0 Å². The molecular formula is C15H13BrClFO2. The summed E-state index contributed by atoms with van der Waals surface area (Å²) in [6.45, 7) is 0. The number of ether oxygens (including phenoxy) is 2. The molecule has 0 spiro atoms. The fraction of sp³-hybridized carbons (Fsp3) is 0.200. The monoisotopic (exact) mass is 358 g/mol. The highest BCUT2D eigenvalue weighted by atomic mass is 79.9. The van der Waals surface area contributed by atoms with Crippen molar-refractivity contribution in [2.75, 3.05) is 14.2 Å². The van der Waals surface area contributed by atoms with Gasteiger partial charge in [-0.3, -0.25) is 0 Å². The predicted molar refractivity (Wildman–Crippen MR) is 81.3 cm³/mol. The lowest BCUT2D eigenvalue weighted by Crippen LogP contribution is -1.99. The van der Waals surface area contributed by atoms with Gasteiger partial charge in [-0.2, -0.15) is 0 Å². The Morgan fingerprint density at radius 3 is 2.45 bits per heavy atom. The summed E-state index contributed by atoms with van der Waals surface area (Å²) in [5.41, 5.74) is 1.58. The van der Waals surface area contributed by atoms with Crippen molar-refractivity contribution in [1.82, 2.24) is 0 Å². The average molecular weight is 360 g/mol. The summed E-state index contributed by atoms with van der Waals surface area (Å²) in [4.78, 5) is 0. The number of alkyl halides is 1. The van der Waals surface area contributed by atoms with E-state index < -0.39 is 5.38 Å². The first-order chi connectivity index (χ1) is 9.56. The standard InChI is InChI=1S/C15H13BrClFO2/c1-19-10-4-5-11(14(8-10)20-2)15(17)9-3-6-13(18)12(16)7-9/h3-8,15H,1-2H3. The molecule has 0 amide bonds. The molecule has 0 bridgehead atoms. The SMILES string of the molecule is COc1ccc(C(Cl)c2ccc(F)c(Br)c2)c(OC)c1. The molecule has 1 atom stereocenters. The maximum absolute atomic E-state index is 13.3.